The number of hydrogen-bond acceptors (Lipinski definition) is 4. The highest BCUT2D eigenvalue weighted by Gasteiger charge is 2.23. The van der Waals surface area contributed by atoms with Crippen LogP contribution in [0.1, 0.15) is 12.0 Å². The molecular formula is C14H20N2O3. The molecule has 0 saturated carbocycles. The lowest BCUT2D eigenvalue weighted by Gasteiger charge is -2.15. The first-order valence-electron chi connectivity index (χ1n) is 6.47. The molecule has 5 heteroatoms. The van der Waals surface area contributed by atoms with Gasteiger partial charge in [-0.1, -0.05) is 18.2 Å². The van der Waals surface area contributed by atoms with Crippen molar-refractivity contribution in [2.24, 2.45) is 5.73 Å². The normalized spacial score (nSPS) is 18.5. The summed E-state index contributed by atoms with van der Waals surface area (Å²) in [5.41, 5.74) is 6.92. The van der Waals surface area contributed by atoms with Gasteiger partial charge < -0.3 is 20.5 Å². The van der Waals surface area contributed by atoms with Crippen LogP contribution < -0.4 is 15.8 Å². The summed E-state index contributed by atoms with van der Waals surface area (Å²) in [5, 5.41) is 2.82. The molecule has 2 rings (SSSR count). The molecule has 104 valence electrons. The Bertz CT molecular complexity index is 411. The molecule has 19 heavy (non-hydrogen) atoms. The SMILES string of the molecule is COCCC(N)C(=O)NCC1Cc2ccccc2O1. The van der Waals surface area contributed by atoms with Crippen molar-refractivity contribution in [1.82, 2.24) is 5.32 Å². The Morgan fingerprint density at radius 2 is 2.37 bits per heavy atom. The molecule has 0 saturated heterocycles. The van der Waals surface area contributed by atoms with Gasteiger partial charge in [-0.3, -0.25) is 4.79 Å². The first-order valence-corrected chi connectivity index (χ1v) is 6.47. The van der Waals surface area contributed by atoms with Crippen LogP contribution in [0.2, 0.25) is 0 Å². The molecule has 0 radical (unpaired) electrons. The topological polar surface area (TPSA) is 73.6 Å². The van der Waals surface area contributed by atoms with Gasteiger partial charge in [0.2, 0.25) is 5.91 Å². The number of methoxy groups -OCH3 is 1. The molecule has 1 heterocycles. The molecule has 0 aromatic heterocycles. The standard InChI is InChI=1S/C14H20N2O3/c1-18-7-6-12(15)14(17)16-9-11-8-10-4-2-3-5-13(10)19-11/h2-5,11-12H,6-9,15H2,1H3,(H,16,17). The van der Waals surface area contributed by atoms with Gasteiger partial charge in [0.05, 0.1) is 12.6 Å². The van der Waals surface area contributed by atoms with Crippen molar-refractivity contribution in [3.8, 4) is 5.75 Å². The van der Waals surface area contributed by atoms with Gasteiger partial charge in [0.25, 0.3) is 0 Å². The molecule has 0 fully saturated rings. The number of benzene rings is 1. The van der Waals surface area contributed by atoms with Crippen LogP contribution in [0, 0.1) is 0 Å². The van der Waals surface area contributed by atoms with Crippen molar-refractivity contribution in [3.63, 3.8) is 0 Å². The van der Waals surface area contributed by atoms with Gasteiger partial charge >= 0.3 is 0 Å². The molecule has 1 amide bonds. The summed E-state index contributed by atoms with van der Waals surface area (Å²) in [6.07, 6.45) is 1.34. The summed E-state index contributed by atoms with van der Waals surface area (Å²) < 4.78 is 10.6. The summed E-state index contributed by atoms with van der Waals surface area (Å²) in [6.45, 7) is 0.966. The van der Waals surface area contributed by atoms with E-state index in [0.29, 0.717) is 19.6 Å². The fourth-order valence-electron chi connectivity index (χ4n) is 2.09. The molecule has 0 spiro atoms. The lowest BCUT2D eigenvalue weighted by atomic mass is 10.1. The summed E-state index contributed by atoms with van der Waals surface area (Å²) in [7, 11) is 1.59. The highest BCUT2D eigenvalue weighted by atomic mass is 16.5. The Balaban J connectivity index is 1.74. The van der Waals surface area contributed by atoms with Gasteiger partial charge in [-0.25, -0.2) is 0 Å². The molecule has 1 aromatic carbocycles. The second-order valence-corrected chi connectivity index (χ2v) is 4.68. The minimum atomic E-state index is -0.524. The predicted molar refractivity (Wildman–Crippen MR) is 72.0 cm³/mol. The average Bonchev–Trinajstić information content (AvgIpc) is 2.84. The minimum absolute atomic E-state index is 0.00373. The van der Waals surface area contributed by atoms with E-state index in [-0.39, 0.29) is 12.0 Å². The van der Waals surface area contributed by atoms with Crippen molar-refractivity contribution < 1.29 is 14.3 Å². The van der Waals surface area contributed by atoms with Gasteiger partial charge in [0.1, 0.15) is 11.9 Å². The number of carbonyl (C=O) groups is 1. The second-order valence-electron chi connectivity index (χ2n) is 4.68. The van der Waals surface area contributed by atoms with Crippen LogP contribution in [0.4, 0.5) is 0 Å². The predicted octanol–water partition coefficient (Wildman–Crippen LogP) is 0.470. The number of amides is 1. The Kier molecular flexibility index (Phi) is 4.76. The molecule has 5 nitrogen and oxygen atoms in total. The molecule has 1 aromatic rings. The maximum Gasteiger partial charge on any atom is 0.237 e. The third-order valence-corrected chi connectivity index (χ3v) is 3.19. The van der Waals surface area contributed by atoms with E-state index in [9.17, 15) is 4.79 Å². The third kappa shape index (κ3) is 3.68. The van der Waals surface area contributed by atoms with Crippen molar-refractivity contribution in [1.29, 1.82) is 0 Å². The highest BCUT2D eigenvalue weighted by molar-refractivity contribution is 5.81. The van der Waals surface area contributed by atoms with Crippen LogP contribution in [0.3, 0.4) is 0 Å². The van der Waals surface area contributed by atoms with Crippen molar-refractivity contribution in [2.45, 2.75) is 25.0 Å². The van der Waals surface area contributed by atoms with Crippen LogP contribution in [0.5, 0.6) is 5.75 Å². The van der Waals surface area contributed by atoms with E-state index in [4.69, 9.17) is 15.2 Å². The van der Waals surface area contributed by atoms with E-state index in [1.165, 1.54) is 5.56 Å². The van der Waals surface area contributed by atoms with Crippen LogP contribution in [-0.2, 0) is 16.0 Å². The van der Waals surface area contributed by atoms with Gasteiger partial charge in [0, 0.05) is 20.1 Å². The maximum absolute atomic E-state index is 11.7. The average molecular weight is 264 g/mol. The molecular weight excluding hydrogens is 244 g/mol. The Morgan fingerprint density at radius 3 is 3.11 bits per heavy atom. The van der Waals surface area contributed by atoms with Crippen LogP contribution in [-0.4, -0.2) is 38.3 Å². The number of carbonyl (C=O) groups excluding carboxylic acids is 1. The Hall–Kier alpha value is -1.59. The zero-order valence-corrected chi connectivity index (χ0v) is 11.1. The van der Waals surface area contributed by atoms with Gasteiger partial charge in [-0.15, -0.1) is 0 Å². The van der Waals surface area contributed by atoms with E-state index >= 15 is 0 Å². The monoisotopic (exact) mass is 264 g/mol. The van der Waals surface area contributed by atoms with Crippen molar-refractivity contribution in [3.05, 3.63) is 29.8 Å². The minimum Gasteiger partial charge on any atom is -0.488 e. The summed E-state index contributed by atoms with van der Waals surface area (Å²) in [5.74, 6) is 0.752. The van der Waals surface area contributed by atoms with Crippen molar-refractivity contribution in [2.75, 3.05) is 20.3 Å². The third-order valence-electron chi connectivity index (χ3n) is 3.19. The second kappa shape index (κ2) is 6.54. The number of nitrogens with one attached hydrogen (secondary N) is 1. The molecule has 1 aliphatic heterocycles. The number of para-hydroxylation sites is 1. The van der Waals surface area contributed by atoms with E-state index < -0.39 is 6.04 Å². The fraction of sp³-hybridized carbons (Fsp3) is 0.500. The Morgan fingerprint density at radius 1 is 1.58 bits per heavy atom. The van der Waals surface area contributed by atoms with E-state index in [0.717, 1.165) is 12.2 Å². The summed E-state index contributed by atoms with van der Waals surface area (Å²) >= 11 is 0. The van der Waals surface area contributed by atoms with Gasteiger partial charge in [-0.05, 0) is 18.1 Å². The molecule has 3 N–H and O–H groups in total. The fourth-order valence-corrected chi connectivity index (χ4v) is 2.09. The number of ether oxygens (including phenoxy) is 2. The smallest absolute Gasteiger partial charge is 0.237 e. The lowest BCUT2D eigenvalue weighted by molar-refractivity contribution is -0.123. The molecule has 0 bridgehead atoms. The summed E-state index contributed by atoms with van der Waals surface area (Å²) in [4.78, 5) is 11.7. The maximum atomic E-state index is 11.7. The molecule has 2 unspecified atom stereocenters. The molecule has 1 aliphatic rings. The van der Waals surface area contributed by atoms with E-state index in [1.54, 1.807) is 7.11 Å². The Labute approximate surface area is 113 Å². The van der Waals surface area contributed by atoms with Crippen LogP contribution in [0.15, 0.2) is 24.3 Å². The van der Waals surface area contributed by atoms with Gasteiger partial charge in [-0.2, -0.15) is 0 Å². The van der Waals surface area contributed by atoms with Crippen LogP contribution >= 0.6 is 0 Å². The first-order chi connectivity index (χ1) is 9.20. The quantitative estimate of drug-likeness (QED) is 0.783. The zero-order valence-electron chi connectivity index (χ0n) is 11.1. The molecule has 0 aliphatic carbocycles. The van der Waals surface area contributed by atoms with E-state index in [1.807, 2.05) is 24.3 Å². The summed E-state index contributed by atoms with van der Waals surface area (Å²) in [6, 6.07) is 7.40. The number of fused-ring (bicyclic) bond motifs is 1. The van der Waals surface area contributed by atoms with Crippen molar-refractivity contribution >= 4 is 5.91 Å². The number of hydrogen-bond donors (Lipinski definition) is 2. The van der Waals surface area contributed by atoms with E-state index in [2.05, 4.69) is 5.32 Å². The largest absolute Gasteiger partial charge is 0.488 e. The van der Waals surface area contributed by atoms with Crippen LogP contribution in [0.25, 0.3) is 0 Å². The zero-order chi connectivity index (χ0) is 13.7. The molecule has 2 atom stereocenters. The number of rotatable bonds is 6. The lowest BCUT2D eigenvalue weighted by Crippen LogP contribution is -2.44. The number of nitrogens with two attached hydrogens (primary N) is 1. The first kappa shape index (κ1) is 13.8. The highest BCUT2D eigenvalue weighted by Crippen LogP contribution is 2.27. The van der Waals surface area contributed by atoms with Gasteiger partial charge in [0.15, 0.2) is 0 Å².